The second-order valence-corrected chi connectivity index (χ2v) is 4.52. The maximum Gasteiger partial charge on any atom is 2.00 e. The number of imidazole rings is 1. The summed E-state index contributed by atoms with van der Waals surface area (Å²) in [4.78, 5) is 3.98. The van der Waals surface area contributed by atoms with Crippen LogP contribution >= 0.6 is 0 Å². The van der Waals surface area contributed by atoms with Gasteiger partial charge in [-0.3, -0.25) is 8.42 Å². The Bertz CT molecular complexity index is 790. The molecule has 0 aliphatic heterocycles. The Morgan fingerprint density at radius 3 is 2.00 bits per heavy atom. The molecule has 0 amide bonds. The van der Waals surface area contributed by atoms with Crippen LogP contribution in [-0.4, -0.2) is 53.0 Å². The van der Waals surface area contributed by atoms with E-state index in [1.807, 2.05) is 39.7 Å². The number of benzene rings is 1. The fourth-order valence-corrected chi connectivity index (χ4v) is 1.55. The van der Waals surface area contributed by atoms with Gasteiger partial charge in [-0.2, -0.15) is 0 Å². The Balaban J connectivity index is -0.0000000839. The van der Waals surface area contributed by atoms with Gasteiger partial charge in [-0.15, -0.1) is 5.10 Å². The second kappa shape index (κ2) is 17.4. The first-order chi connectivity index (χ1) is 9.43. The van der Waals surface area contributed by atoms with E-state index in [2.05, 4.69) is 15.3 Å². The maximum atomic E-state index is 8.52. The standard InChI is InChI=1S/C10H9N5.Mn.H2O4S.6H2O/c1-2-4-10-9(3-1)12-13-15(10)8-14-6-5-11-7-14;;1-5(2,3)4;;;;;;/h1-7H,8H2;;(H2,1,2,3,4);6*1H2/q;+2;;;;;;;/p+2. The number of hydrogen-bond donors (Lipinski definition) is 0. The summed E-state index contributed by atoms with van der Waals surface area (Å²) in [6.07, 6.45) is 5.41. The maximum absolute atomic E-state index is 8.52. The Morgan fingerprint density at radius 1 is 1.00 bits per heavy atom. The van der Waals surface area contributed by atoms with Crippen molar-refractivity contribution >= 4 is 21.4 Å². The van der Waals surface area contributed by atoms with Gasteiger partial charge in [0.15, 0.2) is 0 Å². The van der Waals surface area contributed by atoms with Crippen LogP contribution in [0.15, 0.2) is 43.0 Å². The quantitative estimate of drug-likeness (QED) is 0.153. The normalized spacial score (nSPS) is 8.22. The minimum absolute atomic E-state index is 0. The van der Waals surface area contributed by atoms with Crippen LogP contribution in [0.2, 0.25) is 0 Å². The first-order valence-electron chi connectivity index (χ1n) is 5.34. The van der Waals surface area contributed by atoms with Crippen LogP contribution in [0.3, 0.4) is 0 Å². The molecule has 0 unspecified atom stereocenters. The zero-order valence-corrected chi connectivity index (χ0v) is 15.7. The van der Waals surface area contributed by atoms with Crippen molar-refractivity contribution in [2.24, 2.45) is 0 Å². The predicted octanol–water partition coefficient (Wildman–Crippen LogP) is -5.54. The molecule has 0 spiro atoms. The Labute approximate surface area is 163 Å². The largest absolute Gasteiger partial charge is 2.00 e. The molecular weight excluding hydrogens is 437 g/mol. The van der Waals surface area contributed by atoms with Gasteiger partial charge in [0, 0.05) is 22.8 Å². The molecule has 0 saturated carbocycles. The number of rotatable bonds is 2. The summed E-state index contributed by atoms with van der Waals surface area (Å²) in [5, 5.41) is 8.17. The van der Waals surface area contributed by atoms with E-state index < -0.39 is 10.4 Å². The molecule has 0 aliphatic rings. The molecule has 3 rings (SSSR count). The summed E-state index contributed by atoms with van der Waals surface area (Å²) < 4.78 is 37.9. The topological polar surface area (TPSA) is 324 Å². The van der Waals surface area contributed by atoms with E-state index in [9.17, 15) is 0 Å². The van der Waals surface area contributed by atoms with Crippen molar-refractivity contribution in [3.63, 3.8) is 0 Å². The van der Waals surface area contributed by atoms with Gasteiger partial charge in [0.2, 0.25) is 0 Å². The minimum atomic E-state index is -5.17. The molecule has 1 radical (unpaired) electrons. The van der Waals surface area contributed by atoms with Crippen LogP contribution in [0.25, 0.3) is 11.0 Å². The minimum Gasteiger partial charge on any atom is -0.759 e. The van der Waals surface area contributed by atoms with Crippen molar-refractivity contribution in [1.29, 1.82) is 0 Å². The van der Waals surface area contributed by atoms with Gasteiger partial charge in [0.1, 0.15) is 12.2 Å². The summed E-state index contributed by atoms with van der Waals surface area (Å²) in [7, 11) is -5.17. The fourth-order valence-electron chi connectivity index (χ4n) is 1.55. The van der Waals surface area contributed by atoms with Gasteiger partial charge in [0.25, 0.3) is 0 Å². The van der Waals surface area contributed by atoms with E-state index in [0.29, 0.717) is 6.67 Å². The number of fused-ring (bicyclic) bond motifs is 1. The Hall–Kier alpha value is -2.02. The van der Waals surface area contributed by atoms with Gasteiger partial charge in [-0.25, -0.2) is 9.67 Å². The third kappa shape index (κ3) is 13.8. The Kier molecular flexibility index (Phi) is 25.7. The molecule has 159 valence electrons. The zero-order valence-electron chi connectivity index (χ0n) is 13.7. The summed E-state index contributed by atoms with van der Waals surface area (Å²) in [5.41, 5.74) is 1.95. The van der Waals surface area contributed by atoms with Gasteiger partial charge in [-0.05, 0) is 12.1 Å². The van der Waals surface area contributed by atoms with Crippen molar-refractivity contribution < 1.29 is 67.4 Å². The fraction of sp³-hybridized carbons (Fsp3) is 0.100. The molecule has 15 nitrogen and oxygen atoms in total. The van der Waals surface area contributed by atoms with E-state index in [4.69, 9.17) is 17.5 Å². The molecule has 3 aromatic rings. The van der Waals surface area contributed by atoms with Gasteiger partial charge >= 0.3 is 17.1 Å². The Morgan fingerprint density at radius 2 is 1.52 bits per heavy atom. The average Bonchev–Trinajstić information content (AvgIpc) is 2.98. The van der Waals surface area contributed by atoms with Crippen LogP contribution in [0.4, 0.5) is 0 Å². The summed E-state index contributed by atoms with van der Waals surface area (Å²) >= 11 is 0. The number of para-hydroxylation sites is 1. The number of nitrogens with zero attached hydrogens (tertiary/aromatic N) is 5. The number of aromatic nitrogens is 5. The summed E-state index contributed by atoms with van der Waals surface area (Å²) in [5.74, 6) is 0. The van der Waals surface area contributed by atoms with E-state index >= 15 is 0 Å². The van der Waals surface area contributed by atoms with Gasteiger partial charge < -0.3 is 46.5 Å². The van der Waals surface area contributed by atoms with Crippen molar-refractivity contribution in [1.82, 2.24) is 24.5 Å². The molecule has 27 heavy (non-hydrogen) atoms. The zero-order chi connectivity index (χ0) is 14.6. The molecule has 0 fully saturated rings. The van der Waals surface area contributed by atoms with Crippen molar-refractivity contribution in [2.45, 2.75) is 6.67 Å². The monoisotopic (exact) mass is 462 g/mol. The van der Waals surface area contributed by atoms with E-state index in [0.717, 1.165) is 11.0 Å². The van der Waals surface area contributed by atoms with Crippen LogP contribution in [0.5, 0.6) is 0 Å². The second-order valence-electron chi connectivity index (χ2n) is 3.70. The first-order valence-corrected chi connectivity index (χ1v) is 6.67. The summed E-state index contributed by atoms with van der Waals surface area (Å²) in [6.45, 7) is 0.639. The van der Waals surface area contributed by atoms with Crippen LogP contribution in [-0.2, 0) is 56.0 Å². The molecule has 1 aromatic carbocycles. The molecule has 0 aliphatic carbocycles. The number of hydrogen-bond acceptors (Lipinski definition) is 7. The average molecular weight is 462 g/mol. The van der Waals surface area contributed by atoms with Crippen LogP contribution in [0.1, 0.15) is 0 Å². The molecular formula is C10H25MnN5O10S+4. The van der Waals surface area contributed by atoms with Crippen molar-refractivity contribution in [3.8, 4) is 0 Å². The molecule has 0 atom stereocenters. The van der Waals surface area contributed by atoms with Gasteiger partial charge in [0.05, 0.1) is 11.8 Å². The van der Waals surface area contributed by atoms with Crippen LogP contribution in [0, 0.1) is 0 Å². The first kappa shape index (κ1) is 39.9. The third-order valence-electron chi connectivity index (χ3n) is 2.28. The smallest absolute Gasteiger partial charge is 0.759 e. The SMILES string of the molecule is O.O.O=S(=O)([O-])[O-].[Mn+2].[OH3+].[OH3+].[OH3+].[OH3+].c1ccc2c(c1)nnn2Cn1ccnc1. The predicted molar refractivity (Wildman–Crippen MR) is 92.3 cm³/mol. The van der Waals surface area contributed by atoms with Crippen LogP contribution < -0.4 is 0 Å². The third-order valence-corrected chi connectivity index (χ3v) is 2.28. The van der Waals surface area contributed by atoms with E-state index in [1.54, 1.807) is 12.5 Å². The van der Waals surface area contributed by atoms with Crippen molar-refractivity contribution in [3.05, 3.63) is 43.0 Å². The van der Waals surface area contributed by atoms with Crippen molar-refractivity contribution in [2.75, 3.05) is 0 Å². The molecule has 17 heteroatoms. The molecule has 2 aromatic heterocycles. The molecule has 0 saturated heterocycles. The molecule has 0 bridgehead atoms. The van der Waals surface area contributed by atoms with Gasteiger partial charge in [-0.1, -0.05) is 17.3 Å². The van der Waals surface area contributed by atoms with E-state index in [1.165, 1.54) is 0 Å². The van der Waals surface area contributed by atoms with E-state index in [-0.39, 0.29) is 49.9 Å². The molecule has 2 heterocycles. The molecule has 16 N–H and O–H groups in total. The summed E-state index contributed by atoms with van der Waals surface area (Å²) in [6, 6.07) is 7.90.